The van der Waals surface area contributed by atoms with Crippen LogP contribution in [0.2, 0.25) is 10.0 Å². The van der Waals surface area contributed by atoms with Gasteiger partial charge < -0.3 is 25.0 Å². The Morgan fingerprint density at radius 3 is 2.26 bits per heavy atom. The first kappa shape index (κ1) is 31.7. The van der Waals surface area contributed by atoms with E-state index in [4.69, 9.17) is 33.7 Å². The summed E-state index contributed by atoms with van der Waals surface area (Å²) < 4.78 is 75.7. The van der Waals surface area contributed by atoms with E-state index in [2.05, 4.69) is 4.74 Å². The molecular formula is C25H25Cl2F3N4O7S. The molecule has 2 saturated heterocycles. The number of nitrogens with two attached hydrogens (primary N) is 1. The van der Waals surface area contributed by atoms with E-state index in [0.29, 0.717) is 16.7 Å². The SMILES string of the molecule is CC(C)N1CC2N(C(=O)C(OC(N)=O)CN2S(=O)(=O)c2ccc(OC(F)(F)F)cc2Cl)C(Cc2ccc(Cl)cc2)C1=O. The van der Waals surface area contributed by atoms with Crippen LogP contribution in [0.4, 0.5) is 18.0 Å². The summed E-state index contributed by atoms with van der Waals surface area (Å²) in [4.78, 5) is 40.8. The monoisotopic (exact) mass is 652 g/mol. The van der Waals surface area contributed by atoms with Crippen LogP contribution in [-0.2, 0) is 30.8 Å². The highest BCUT2D eigenvalue weighted by Crippen LogP contribution is 2.36. The van der Waals surface area contributed by atoms with Crippen LogP contribution in [0.5, 0.6) is 5.75 Å². The average molecular weight is 653 g/mol. The number of hydrogen-bond donors (Lipinski definition) is 1. The standard InChI is InChI=1S/C25H25Cl2F3N4O7S/c1-13(2)32-12-21-33(42(38,39)20-8-7-16(10-17(20)27)41-25(28,29)30)11-19(40-24(31)37)23(36)34(21)18(22(32)35)9-14-3-5-15(26)6-4-14/h3-8,10,13,18-19,21H,9,11-12H2,1-2H3,(H2,31,37). The highest BCUT2D eigenvalue weighted by molar-refractivity contribution is 7.89. The maximum absolute atomic E-state index is 14.0. The van der Waals surface area contributed by atoms with Gasteiger partial charge in [0.15, 0.2) is 6.10 Å². The van der Waals surface area contributed by atoms with Crippen molar-refractivity contribution in [3.8, 4) is 5.75 Å². The summed E-state index contributed by atoms with van der Waals surface area (Å²) in [6.07, 6.45) is -9.48. The highest BCUT2D eigenvalue weighted by Gasteiger charge is 2.55. The molecule has 17 heteroatoms. The maximum atomic E-state index is 14.0. The van der Waals surface area contributed by atoms with Crippen molar-refractivity contribution >= 4 is 51.1 Å². The Kier molecular flexibility index (Phi) is 8.88. The molecule has 228 valence electrons. The van der Waals surface area contributed by atoms with E-state index in [9.17, 15) is 36.0 Å². The van der Waals surface area contributed by atoms with Crippen molar-refractivity contribution in [2.75, 3.05) is 13.1 Å². The Labute approximate surface area is 248 Å². The Morgan fingerprint density at radius 1 is 1.07 bits per heavy atom. The molecule has 0 bridgehead atoms. The third-order valence-electron chi connectivity index (χ3n) is 6.74. The number of primary amides is 1. The lowest BCUT2D eigenvalue weighted by Gasteiger charge is -2.53. The van der Waals surface area contributed by atoms with Gasteiger partial charge in [-0.1, -0.05) is 35.3 Å². The second kappa shape index (κ2) is 11.8. The number of nitrogens with zero attached hydrogens (tertiary/aromatic N) is 3. The van der Waals surface area contributed by atoms with Gasteiger partial charge in [0.05, 0.1) is 18.1 Å². The number of carbonyl (C=O) groups excluding carboxylic acids is 3. The molecule has 0 aromatic heterocycles. The zero-order chi connectivity index (χ0) is 31.1. The Morgan fingerprint density at radius 2 is 1.71 bits per heavy atom. The lowest BCUT2D eigenvalue weighted by Crippen LogP contribution is -2.75. The van der Waals surface area contributed by atoms with E-state index in [-0.39, 0.29) is 13.0 Å². The number of sulfonamides is 1. The second-order valence-electron chi connectivity index (χ2n) is 9.80. The minimum atomic E-state index is -5.05. The van der Waals surface area contributed by atoms with Gasteiger partial charge in [0.25, 0.3) is 5.91 Å². The Balaban J connectivity index is 1.81. The summed E-state index contributed by atoms with van der Waals surface area (Å²) >= 11 is 12.1. The number of amides is 3. The molecule has 2 aliphatic rings. The minimum absolute atomic E-state index is 0.0388. The van der Waals surface area contributed by atoms with E-state index < -0.39 is 80.9 Å². The number of rotatable bonds is 7. The third-order valence-corrected chi connectivity index (χ3v) is 9.34. The zero-order valence-corrected chi connectivity index (χ0v) is 24.4. The van der Waals surface area contributed by atoms with Crippen molar-refractivity contribution in [1.82, 2.24) is 14.1 Å². The van der Waals surface area contributed by atoms with Crippen LogP contribution >= 0.6 is 23.2 Å². The smallest absolute Gasteiger partial charge is 0.435 e. The second-order valence-corrected chi connectivity index (χ2v) is 12.5. The lowest BCUT2D eigenvalue weighted by atomic mass is 9.97. The van der Waals surface area contributed by atoms with Gasteiger partial charge in [-0.15, -0.1) is 13.2 Å². The molecule has 2 aromatic carbocycles. The van der Waals surface area contributed by atoms with E-state index in [0.717, 1.165) is 21.3 Å². The molecule has 4 rings (SSSR count). The third kappa shape index (κ3) is 6.53. The number of piperazine rings is 1. The van der Waals surface area contributed by atoms with Crippen molar-refractivity contribution in [3.63, 3.8) is 0 Å². The molecule has 0 spiro atoms. The predicted molar refractivity (Wildman–Crippen MR) is 143 cm³/mol. The van der Waals surface area contributed by atoms with Crippen LogP contribution in [0.3, 0.4) is 0 Å². The zero-order valence-electron chi connectivity index (χ0n) is 22.0. The fourth-order valence-corrected chi connectivity index (χ4v) is 7.13. The number of ether oxygens (including phenoxy) is 2. The molecule has 2 heterocycles. The summed E-state index contributed by atoms with van der Waals surface area (Å²) in [7, 11) is -4.70. The fourth-order valence-electron chi connectivity index (χ4n) is 4.93. The fraction of sp³-hybridized carbons (Fsp3) is 0.400. The van der Waals surface area contributed by atoms with Gasteiger partial charge in [0.1, 0.15) is 22.9 Å². The summed E-state index contributed by atoms with van der Waals surface area (Å²) in [5.41, 5.74) is 5.76. The van der Waals surface area contributed by atoms with Gasteiger partial charge >= 0.3 is 12.5 Å². The van der Waals surface area contributed by atoms with Crippen molar-refractivity contribution in [2.45, 2.75) is 55.9 Å². The molecule has 3 amide bonds. The van der Waals surface area contributed by atoms with E-state index >= 15 is 0 Å². The predicted octanol–water partition coefficient (Wildman–Crippen LogP) is 3.38. The molecule has 2 N–H and O–H groups in total. The lowest BCUT2D eigenvalue weighted by molar-refractivity contribution is -0.274. The average Bonchev–Trinajstić information content (AvgIpc) is 2.86. The molecule has 3 atom stereocenters. The van der Waals surface area contributed by atoms with Crippen LogP contribution in [0.15, 0.2) is 47.4 Å². The number of halogens is 5. The van der Waals surface area contributed by atoms with Gasteiger partial charge in [0, 0.05) is 23.6 Å². The number of carbonyl (C=O) groups is 3. The van der Waals surface area contributed by atoms with Gasteiger partial charge in [0.2, 0.25) is 15.9 Å². The summed E-state index contributed by atoms with van der Waals surface area (Å²) in [6.45, 7) is 2.47. The molecular weight excluding hydrogens is 628 g/mol. The topological polar surface area (TPSA) is 140 Å². The molecule has 11 nitrogen and oxygen atoms in total. The minimum Gasteiger partial charge on any atom is -0.435 e. The summed E-state index contributed by atoms with van der Waals surface area (Å²) in [5.74, 6) is -2.08. The van der Waals surface area contributed by atoms with Crippen LogP contribution < -0.4 is 10.5 Å². The van der Waals surface area contributed by atoms with Crippen molar-refractivity contribution < 1.29 is 45.4 Å². The molecule has 0 radical (unpaired) electrons. The molecule has 0 saturated carbocycles. The van der Waals surface area contributed by atoms with Crippen molar-refractivity contribution in [2.24, 2.45) is 5.73 Å². The highest BCUT2D eigenvalue weighted by atomic mass is 35.5. The van der Waals surface area contributed by atoms with E-state index in [1.54, 1.807) is 38.1 Å². The van der Waals surface area contributed by atoms with Crippen LogP contribution in [0.1, 0.15) is 19.4 Å². The first-order valence-corrected chi connectivity index (χ1v) is 14.6. The van der Waals surface area contributed by atoms with E-state index in [1.807, 2.05) is 0 Å². The first-order chi connectivity index (χ1) is 19.5. The molecule has 42 heavy (non-hydrogen) atoms. The Hall–Kier alpha value is -3.27. The van der Waals surface area contributed by atoms with Gasteiger partial charge in [-0.25, -0.2) is 13.2 Å². The van der Waals surface area contributed by atoms with Gasteiger partial charge in [-0.05, 0) is 43.7 Å². The van der Waals surface area contributed by atoms with Crippen LogP contribution in [0, 0.1) is 0 Å². The van der Waals surface area contributed by atoms with E-state index in [1.165, 1.54) is 4.90 Å². The Bertz CT molecular complexity index is 1490. The van der Waals surface area contributed by atoms with Crippen molar-refractivity contribution in [1.29, 1.82) is 0 Å². The van der Waals surface area contributed by atoms with Crippen LogP contribution in [0.25, 0.3) is 0 Å². The number of alkyl halides is 3. The molecule has 3 unspecified atom stereocenters. The number of fused-ring (bicyclic) bond motifs is 1. The molecule has 2 fully saturated rings. The number of hydrogen-bond acceptors (Lipinski definition) is 7. The largest absolute Gasteiger partial charge is 0.573 e. The van der Waals surface area contributed by atoms with Crippen LogP contribution in [-0.4, -0.2) is 84.2 Å². The number of benzene rings is 2. The molecule has 0 aliphatic carbocycles. The molecule has 2 aliphatic heterocycles. The van der Waals surface area contributed by atoms with Crippen molar-refractivity contribution in [3.05, 3.63) is 58.1 Å². The molecule has 2 aromatic rings. The van der Waals surface area contributed by atoms with Gasteiger partial charge in [-0.3, -0.25) is 9.59 Å². The summed E-state index contributed by atoms with van der Waals surface area (Å²) in [5, 5.41) is -0.168. The van der Waals surface area contributed by atoms with Gasteiger partial charge in [-0.2, -0.15) is 4.31 Å². The summed E-state index contributed by atoms with van der Waals surface area (Å²) in [6, 6.07) is 7.10. The quantitative estimate of drug-likeness (QED) is 0.484. The normalized spacial score (nSPS) is 21.9. The maximum Gasteiger partial charge on any atom is 0.573 e. The first-order valence-electron chi connectivity index (χ1n) is 12.4.